The quantitative estimate of drug-likeness (QED) is 0.607. The highest BCUT2D eigenvalue weighted by atomic mass is 35.5. The normalized spacial score (nSPS) is 10.5. The molecule has 0 bridgehead atoms. The lowest BCUT2D eigenvalue weighted by Gasteiger charge is -2.07. The first-order valence-corrected chi connectivity index (χ1v) is 9.03. The van der Waals surface area contributed by atoms with Crippen LogP contribution < -0.4 is 10.1 Å². The smallest absolute Gasteiger partial charge is 0.210 e. The van der Waals surface area contributed by atoms with Gasteiger partial charge in [0.2, 0.25) is 5.13 Å². The number of anilines is 2. The molecule has 2 aromatic carbocycles. The molecule has 1 heterocycles. The van der Waals surface area contributed by atoms with E-state index in [1.165, 1.54) is 11.3 Å². The summed E-state index contributed by atoms with van der Waals surface area (Å²) in [5.41, 5.74) is 2.04. The lowest BCUT2D eigenvalue weighted by molar-refractivity contribution is 0.417. The van der Waals surface area contributed by atoms with Crippen LogP contribution in [0.25, 0.3) is 0 Å². The minimum Gasteiger partial charge on any atom is -0.495 e. The summed E-state index contributed by atoms with van der Waals surface area (Å²) < 4.78 is 6.22. The Bertz CT molecular complexity index is 794. The lowest BCUT2D eigenvalue weighted by atomic mass is 10.2. The molecule has 7 heteroatoms. The van der Waals surface area contributed by atoms with E-state index in [4.69, 9.17) is 16.3 Å². The Morgan fingerprint density at radius 2 is 2.04 bits per heavy atom. The molecule has 1 aromatic heterocycles. The molecule has 0 aliphatic carbocycles. The van der Waals surface area contributed by atoms with Gasteiger partial charge in [-0.05, 0) is 29.8 Å². The molecule has 0 atom stereocenters. The first-order chi connectivity index (χ1) is 11.2. The summed E-state index contributed by atoms with van der Waals surface area (Å²) in [6.07, 6.45) is 0. The maximum absolute atomic E-state index is 5.99. The van der Waals surface area contributed by atoms with Crippen molar-refractivity contribution in [2.45, 2.75) is 10.1 Å². The number of methoxy groups -OCH3 is 1. The average molecular weight is 364 g/mol. The van der Waals surface area contributed by atoms with E-state index in [1.54, 1.807) is 18.9 Å². The van der Waals surface area contributed by atoms with Crippen LogP contribution in [0.2, 0.25) is 5.02 Å². The highest BCUT2D eigenvalue weighted by molar-refractivity contribution is 8.00. The molecule has 23 heavy (non-hydrogen) atoms. The van der Waals surface area contributed by atoms with Gasteiger partial charge in [-0.1, -0.05) is 59.0 Å². The van der Waals surface area contributed by atoms with Gasteiger partial charge in [-0.3, -0.25) is 0 Å². The lowest BCUT2D eigenvalue weighted by Crippen LogP contribution is -1.93. The molecule has 0 unspecified atom stereocenters. The third kappa shape index (κ3) is 4.37. The minimum absolute atomic E-state index is 0.739. The molecular weight excluding hydrogens is 350 g/mol. The molecule has 0 aliphatic heterocycles. The van der Waals surface area contributed by atoms with Crippen LogP contribution in [-0.2, 0) is 5.75 Å². The van der Waals surface area contributed by atoms with Crippen LogP contribution in [0.4, 0.5) is 10.8 Å². The Labute approximate surface area is 147 Å². The summed E-state index contributed by atoms with van der Waals surface area (Å²) in [5.74, 6) is 1.58. The Hall–Kier alpha value is -1.76. The average Bonchev–Trinajstić information content (AvgIpc) is 3.01. The van der Waals surface area contributed by atoms with Gasteiger partial charge in [-0.25, -0.2) is 0 Å². The standard InChI is InChI=1S/C16H14ClN3OS2/c1-21-14-8-3-2-7-13(14)18-15-19-20-16(23-15)22-10-11-5-4-6-12(17)9-11/h2-9H,10H2,1H3,(H,18,19). The number of hydrogen-bond donors (Lipinski definition) is 1. The Balaban J connectivity index is 1.64. The molecule has 1 N–H and O–H groups in total. The Kier molecular flexibility index (Phi) is 5.38. The highest BCUT2D eigenvalue weighted by Crippen LogP contribution is 2.32. The van der Waals surface area contributed by atoms with Crippen molar-refractivity contribution in [2.75, 3.05) is 12.4 Å². The molecule has 0 saturated heterocycles. The van der Waals surface area contributed by atoms with Crippen molar-refractivity contribution in [3.05, 3.63) is 59.1 Å². The van der Waals surface area contributed by atoms with Crippen molar-refractivity contribution in [2.24, 2.45) is 0 Å². The van der Waals surface area contributed by atoms with Crippen molar-refractivity contribution in [3.8, 4) is 5.75 Å². The van der Waals surface area contributed by atoms with E-state index in [9.17, 15) is 0 Å². The van der Waals surface area contributed by atoms with Crippen molar-refractivity contribution in [1.82, 2.24) is 10.2 Å². The summed E-state index contributed by atoms with van der Waals surface area (Å²) in [5, 5.41) is 13.1. The molecule has 0 saturated carbocycles. The minimum atomic E-state index is 0.739. The van der Waals surface area contributed by atoms with Crippen molar-refractivity contribution < 1.29 is 4.74 Å². The third-order valence-corrected chi connectivity index (χ3v) is 5.28. The first-order valence-electron chi connectivity index (χ1n) is 6.85. The van der Waals surface area contributed by atoms with Gasteiger partial charge in [0.1, 0.15) is 5.75 Å². The topological polar surface area (TPSA) is 47.0 Å². The zero-order chi connectivity index (χ0) is 16.1. The summed E-state index contributed by atoms with van der Waals surface area (Å²) in [7, 11) is 1.65. The van der Waals surface area contributed by atoms with E-state index >= 15 is 0 Å². The molecule has 3 aromatic rings. The van der Waals surface area contributed by atoms with Gasteiger partial charge in [0, 0.05) is 10.8 Å². The number of para-hydroxylation sites is 2. The largest absolute Gasteiger partial charge is 0.495 e. The predicted octanol–water partition coefficient (Wildman–Crippen LogP) is 5.24. The second kappa shape index (κ2) is 7.68. The number of aromatic nitrogens is 2. The van der Waals surface area contributed by atoms with Crippen LogP contribution in [0.15, 0.2) is 52.9 Å². The van der Waals surface area contributed by atoms with Gasteiger partial charge in [0.05, 0.1) is 12.8 Å². The van der Waals surface area contributed by atoms with Gasteiger partial charge < -0.3 is 10.1 Å². The molecular formula is C16H14ClN3OS2. The van der Waals surface area contributed by atoms with Crippen LogP contribution in [0, 0.1) is 0 Å². The van der Waals surface area contributed by atoms with Crippen molar-refractivity contribution >= 4 is 45.5 Å². The van der Waals surface area contributed by atoms with Crippen LogP contribution in [0.5, 0.6) is 5.75 Å². The first kappa shape index (κ1) is 16.1. The SMILES string of the molecule is COc1ccccc1Nc1nnc(SCc2cccc(Cl)c2)s1. The molecule has 118 valence electrons. The number of thioether (sulfide) groups is 1. The van der Waals surface area contributed by atoms with E-state index in [0.29, 0.717) is 0 Å². The van der Waals surface area contributed by atoms with Gasteiger partial charge in [0.15, 0.2) is 4.34 Å². The maximum Gasteiger partial charge on any atom is 0.210 e. The van der Waals surface area contributed by atoms with Crippen LogP contribution >= 0.6 is 34.7 Å². The van der Waals surface area contributed by atoms with E-state index in [2.05, 4.69) is 15.5 Å². The van der Waals surface area contributed by atoms with Gasteiger partial charge >= 0.3 is 0 Å². The van der Waals surface area contributed by atoms with Gasteiger partial charge in [0.25, 0.3) is 0 Å². The second-order valence-corrected chi connectivity index (χ2v) is 7.25. The molecule has 0 spiro atoms. The molecule has 3 rings (SSSR count). The van der Waals surface area contributed by atoms with E-state index in [1.807, 2.05) is 48.5 Å². The highest BCUT2D eigenvalue weighted by Gasteiger charge is 2.08. The number of halogens is 1. The predicted molar refractivity (Wildman–Crippen MR) is 97.2 cm³/mol. The van der Waals surface area contributed by atoms with Crippen molar-refractivity contribution in [3.63, 3.8) is 0 Å². The fraction of sp³-hybridized carbons (Fsp3) is 0.125. The summed E-state index contributed by atoms with van der Waals surface area (Å²) in [4.78, 5) is 0. The summed E-state index contributed by atoms with van der Waals surface area (Å²) >= 11 is 9.14. The summed E-state index contributed by atoms with van der Waals surface area (Å²) in [6.45, 7) is 0. The zero-order valence-electron chi connectivity index (χ0n) is 12.3. The molecule has 4 nitrogen and oxygen atoms in total. The summed E-state index contributed by atoms with van der Waals surface area (Å²) in [6, 6.07) is 15.6. The van der Waals surface area contributed by atoms with E-state index in [-0.39, 0.29) is 0 Å². The molecule has 0 aliphatic rings. The van der Waals surface area contributed by atoms with Crippen LogP contribution in [0.1, 0.15) is 5.56 Å². The molecule has 0 amide bonds. The number of rotatable bonds is 6. The fourth-order valence-electron chi connectivity index (χ4n) is 1.95. The monoisotopic (exact) mass is 363 g/mol. The number of benzene rings is 2. The van der Waals surface area contributed by atoms with Crippen molar-refractivity contribution in [1.29, 1.82) is 0 Å². The van der Waals surface area contributed by atoms with E-state index < -0.39 is 0 Å². The molecule has 0 fully saturated rings. The third-order valence-electron chi connectivity index (χ3n) is 3.01. The number of hydrogen-bond acceptors (Lipinski definition) is 6. The van der Waals surface area contributed by atoms with Crippen LogP contribution in [-0.4, -0.2) is 17.3 Å². The second-order valence-electron chi connectivity index (χ2n) is 4.62. The molecule has 0 radical (unpaired) electrons. The fourth-order valence-corrected chi connectivity index (χ4v) is 3.87. The Morgan fingerprint density at radius 1 is 1.17 bits per heavy atom. The van der Waals surface area contributed by atoms with Gasteiger partial charge in [-0.2, -0.15) is 0 Å². The van der Waals surface area contributed by atoms with Crippen LogP contribution in [0.3, 0.4) is 0 Å². The van der Waals surface area contributed by atoms with Gasteiger partial charge in [-0.15, -0.1) is 10.2 Å². The number of nitrogens with one attached hydrogen (secondary N) is 1. The Morgan fingerprint density at radius 3 is 2.87 bits per heavy atom. The number of nitrogens with zero attached hydrogens (tertiary/aromatic N) is 2. The number of ether oxygens (including phenoxy) is 1. The maximum atomic E-state index is 5.99. The van der Waals surface area contributed by atoms with E-state index in [0.717, 1.165) is 37.2 Å². The zero-order valence-corrected chi connectivity index (χ0v) is 14.7.